The Labute approximate surface area is 142 Å². The van der Waals surface area contributed by atoms with E-state index >= 15 is 0 Å². The Morgan fingerprint density at radius 3 is 2.46 bits per heavy atom. The number of nitro benzene ring substituents is 1. The molecule has 2 aromatic rings. The van der Waals surface area contributed by atoms with Crippen molar-refractivity contribution in [2.24, 2.45) is 5.73 Å². The second kappa shape index (κ2) is 6.46. The zero-order valence-corrected chi connectivity index (χ0v) is 13.9. The molecule has 0 radical (unpaired) electrons. The molecule has 0 fully saturated rings. The lowest BCUT2D eigenvalue weighted by atomic mass is 10.2. The van der Waals surface area contributed by atoms with Gasteiger partial charge in [-0.1, -0.05) is 17.7 Å². The number of carbonyl (C=O) groups excluding carboxylic acids is 1. The summed E-state index contributed by atoms with van der Waals surface area (Å²) in [6, 6.07) is 7.35. The molecule has 0 aliphatic rings. The molecule has 2 rings (SSSR count). The van der Waals surface area contributed by atoms with Gasteiger partial charge >= 0.3 is 0 Å². The summed E-state index contributed by atoms with van der Waals surface area (Å²) in [7, 11) is -4.08. The number of halogens is 1. The predicted molar refractivity (Wildman–Crippen MR) is 88.6 cm³/mol. The van der Waals surface area contributed by atoms with Crippen molar-refractivity contribution in [3.05, 3.63) is 62.7 Å². The number of sulfonamides is 1. The Balaban J connectivity index is 2.42. The molecule has 126 valence electrons. The van der Waals surface area contributed by atoms with Crippen molar-refractivity contribution in [3.63, 3.8) is 0 Å². The number of nitrogens with two attached hydrogens (primary N) is 1. The molecule has 0 spiro atoms. The van der Waals surface area contributed by atoms with Crippen LogP contribution in [0.2, 0.25) is 5.02 Å². The molecule has 0 aliphatic heterocycles. The van der Waals surface area contributed by atoms with Crippen LogP contribution in [0.4, 0.5) is 11.4 Å². The van der Waals surface area contributed by atoms with E-state index in [0.717, 1.165) is 6.07 Å². The van der Waals surface area contributed by atoms with Crippen LogP contribution in [0, 0.1) is 17.0 Å². The number of hydrogen-bond acceptors (Lipinski definition) is 5. The largest absolute Gasteiger partial charge is 0.366 e. The molecule has 3 N–H and O–H groups in total. The minimum atomic E-state index is -4.08. The van der Waals surface area contributed by atoms with Crippen LogP contribution < -0.4 is 10.5 Å². The number of nitro groups is 1. The summed E-state index contributed by atoms with van der Waals surface area (Å²) in [6.07, 6.45) is 0. The van der Waals surface area contributed by atoms with Crippen LogP contribution in [0.3, 0.4) is 0 Å². The van der Waals surface area contributed by atoms with E-state index in [1.54, 1.807) is 0 Å². The molecule has 8 nitrogen and oxygen atoms in total. The first-order chi connectivity index (χ1) is 11.1. The summed E-state index contributed by atoms with van der Waals surface area (Å²) < 4.78 is 27.2. The van der Waals surface area contributed by atoms with Gasteiger partial charge in [-0.05, 0) is 30.7 Å². The van der Waals surface area contributed by atoms with Gasteiger partial charge in [0.15, 0.2) is 0 Å². The number of amides is 1. The molecule has 1 amide bonds. The van der Waals surface area contributed by atoms with Gasteiger partial charge in [0.1, 0.15) is 0 Å². The Hall–Kier alpha value is -2.65. The van der Waals surface area contributed by atoms with E-state index in [1.165, 1.54) is 37.3 Å². The van der Waals surface area contributed by atoms with Gasteiger partial charge in [0.25, 0.3) is 15.7 Å². The standard InChI is InChI=1S/C14H12ClN3O5S/c1-8-2-4-10(18(20)21)7-13(8)24(22,23)17-9-3-5-11(14(16)19)12(15)6-9/h2-7,17H,1H3,(H2,16,19). The van der Waals surface area contributed by atoms with E-state index in [0.29, 0.717) is 5.56 Å². The lowest BCUT2D eigenvalue weighted by Gasteiger charge is -2.11. The maximum atomic E-state index is 12.5. The van der Waals surface area contributed by atoms with E-state index in [1.807, 2.05) is 0 Å². The van der Waals surface area contributed by atoms with Gasteiger partial charge < -0.3 is 5.73 Å². The topological polar surface area (TPSA) is 132 Å². The second-order valence-electron chi connectivity index (χ2n) is 4.87. The molecule has 24 heavy (non-hydrogen) atoms. The van der Waals surface area contributed by atoms with Crippen LogP contribution in [-0.2, 0) is 10.0 Å². The average molecular weight is 370 g/mol. The highest BCUT2D eigenvalue weighted by molar-refractivity contribution is 7.92. The van der Waals surface area contributed by atoms with Gasteiger partial charge in [0, 0.05) is 12.1 Å². The maximum absolute atomic E-state index is 12.5. The van der Waals surface area contributed by atoms with E-state index < -0.39 is 20.9 Å². The van der Waals surface area contributed by atoms with E-state index in [9.17, 15) is 23.3 Å². The molecule has 0 aromatic heterocycles. The van der Waals surface area contributed by atoms with Crippen molar-refractivity contribution in [3.8, 4) is 0 Å². The first-order valence-corrected chi connectivity index (χ1v) is 8.35. The number of rotatable bonds is 5. The Morgan fingerprint density at radius 2 is 1.92 bits per heavy atom. The fourth-order valence-electron chi connectivity index (χ4n) is 1.98. The SMILES string of the molecule is Cc1ccc([N+](=O)[O-])cc1S(=O)(=O)Nc1ccc(C(N)=O)c(Cl)c1. The van der Waals surface area contributed by atoms with E-state index in [2.05, 4.69) is 4.72 Å². The number of hydrogen-bond donors (Lipinski definition) is 2. The zero-order valence-electron chi connectivity index (χ0n) is 12.3. The van der Waals surface area contributed by atoms with Crippen LogP contribution in [0.25, 0.3) is 0 Å². The first-order valence-electron chi connectivity index (χ1n) is 6.49. The molecule has 0 bridgehead atoms. The van der Waals surface area contributed by atoms with Gasteiger partial charge in [-0.3, -0.25) is 19.6 Å². The third kappa shape index (κ3) is 3.63. The fourth-order valence-corrected chi connectivity index (χ4v) is 3.57. The highest BCUT2D eigenvalue weighted by atomic mass is 35.5. The fraction of sp³-hybridized carbons (Fsp3) is 0.0714. The molecule has 0 unspecified atom stereocenters. The molecule has 0 saturated carbocycles. The molecule has 0 saturated heterocycles. The Kier molecular flexibility index (Phi) is 4.76. The molecular formula is C14H12ClN3O5S. The lowest BCUT2D eigenvalue weighted by Crippen LogP contribution is -2.15. The van der Waals surface area contributed by atoms with Crippen molar-refractivity contribution >= 4 is 38.9 Å². The van der Waals surface area contributed by atoms with Crippen molar-refractivity contribution in [2.75, 3.05) is 4.72 Å². The third-order valence-corrected chi connectivity index (χ3v) is 4.99. The van der Waals surface area contributed by atoms with Gasteiger partial charge in [-0.25, -0.2) is 8.42 Å². The van der Waals surface area contributed by atoms with Crippen molar-refractivity contribution in [1.29, 1.82) is 0 Å². The van der Waals surface area contributed by atoms with Crippen molar-refractivity contribution < 1.29 is 18.1 Å². The quantitative estimate of drug-likeness (QED) is 0.617. The second-order valence-corrected chi connectivity index (χ2v) is 6.93. The summed E-state index contributed by atoms with van der Waals surface area (Å²) in [5.41, 5.74) is 5.26. The summed E-state index contributed by atoms with van der Waals surface area (Å²) >= 11 is 5.87. The number of aryl methyl sites for hydroxylation is 1. The Bertz CT molecular complexity index is 943. The summed E-state index contributed by atoms with van der Waals surface area (Å²) in [5, 5.41) is 10.8. The Morgan fingerprint density at radius 1 is 1.25 bits per heavy atom. The van der Waals surface area contributed by atoms with E-state index in [4.69, 9.17) is 17.3 Å². The number of carbonyl (C=O) groups is 1. The predicted octanol–water partition coefficient (Wildman–Crippen LogP) is 2.46. The molecule has 2 aromatic carbocycles. The minimum absolute atomic E-state index is 0.0153. The van der Waals surface area contributed by atoms with Crippen LogP contribution >= 0.6 is 11.6 Å². The summed E-state index contributed by atoms with van der Waals surface area (Å²) in [4.78, 5) is 21.0. The lowest BCUT2D eigenvalue weighted by molar-refractivity contribution is -0.385. The molecular weight excluding hydrogens is 358 g/mol. The minimum Gasteiger partial charge on any atom is -0.366 e. The molecule has 0 heterocycles. The number of non-ortho nitro benzene ring substituents is 1. The third-order valence-electron chi connectivity index (χ3n) is 3.16. The monoisotopic (exact) mass is 369 g/mol. The van der Waals surface area contributed by atoms with Crippen LogP contribution in [0.5, 0.6) is 0 Å². The van der Waals surface area contributed by atoms with Gasteiger partial charge in [0.05, 0.1) is 26.1 Å². The van der Waals surface area contributed by atoms with Crippen LogP contribution in [-0.4, -0.2) is 19.2 Å². The normalized spacial score (nSPS) is 11.1. The average Bonchev–Trinajstić information content (AvgIpc) is 2.46. The molecule has 0 aliphatic carbocycles. The summed E-state index contributed by atoms with van der Waals surface area (Å²) in [5.74, 6) is -0.746. The number of anilines is 1. The van der Waals surface area contributed by atoms with Crippen LogP contribution in [0.15, 0.2) is 41.3 Å². The number of nitrogens with one attached hydrogen (secondary N) is 1. The molecule has 0 atom stereocenters. The van der Waals surface area contributed by atoms with Crippen molar-refractivity contribution in [2.45, 2.75) is 11.8 Å². The zero-order chi connectivity index (χ0) is 18.1. The van der Waals surface area contributed by atoms with Gasteiger partial charge in [0.2, 0.25) is 5.91 Å². The highest BCUT2D eigenvalue weighted by Gasteiger charge is 2.21. The highest BCUT2D eigenvalue weighted by Crippen LogP contribution is 2.26. The van der Waals surface area contributed by atoms with E-state index in [-0.39, 0.29) is 26.9 Å². The van der Waals surface area contributed by atoms with Crippen LogP contribution in [0.1, 0.15) is 15.9 Å². The first kappa shape index (κ1) is 17.7. The van der Waals surface area contributed by atoms with Crippen molar-refractivity contribution in [1.82, 2.24) is 0 Å². The summed E-state index contributed by atoms with van der Waals surface area (Å²) in [6.45, 7) is 1.52. The number of benzene rings is 2. The van der Waals surface area contributed by atoms with Gasteiger partial charge in [-0.15, -0.1) is 0 Å². The number of nitrogens with zero attached hydrogens (tertiary/aromatic N) is 1. The van der Waals surface area contributed by atoms with Gasteiger partial charge in [-0.2, -0.15) is 0 Å². The number of primary amides is 1. The maximum Gasteiger partial charge on any atom is 0.270 e. The molecule has 10 heteroatoms. The smallest absolute Gasteiger partial charge is 0.270 e.